The van der Waals surface area contributed by atoms with Gasteiger partial charge in [0.2, 0.25) is 0 Å². The zero-order chi connectivity index (χ0) is 12.2. The lowest BCUT2D eigenvalue weighted by molar-refractivity contribution is -0.134. The average Bonchev–Trinajstić information content (AvgIpc) is 2.13. The number of hydrogen-bond donors (Lipinski definition) is 1. The van der Waals surface area contributed by atoms with Crippen molar-refractivity contribution in [3.05, 3.63) is 22.3 Å². The van der Waals surface area contributed by atoms with Crippen molar-refractivity contribution in [2.75, 3.05) is 11.9 Å². The monoisotopic (exact) mass is 296 g/mol. The first-order valence-electron chi connectivity index (χ1n) is 4.81. The van der Waals surface area contributed by atoms with Gasteiger partial charge in [-0.25, -0.2) is 4.98 Å². The van der Waals surface area contributed by atoms with Gasteiger partial charge < -0.3 is 5.32 Å². The third-order valence-corrected chi connectivity index (χ3v) is 2.41. The molecule has 0 bridgehead atoms. The minimum absolute atomic E-state index is 0.0562. The first kappa shape index (κ1) is 13.3. The fourth-order valence-electron chi connectivity index (χ4n) is 1.22. The van der Waals surface area contributed by atoms with E-state index in [1.165, 1.54) is 0 Å². The lowest BCUT2D eigenvalue weighted by Gasteiger charge is -2.09. The number of nitrogens with one attached hydrogen (secondary N) is 1. The van der Waals surface area contributed by atoms with Crippen LogP contribution in [0.2, 0.25) is 0 Å². The predicted octanol–water partition coefficient (Wildman–Crippen LogP) is 3.91. The molecule has 6 heteroatoms. The summed E-state index contributed by atoms with van der Waals surface area (Å²) in [7, 11) is 0. The van der Waals surface area contributed by atoms with Crippen LogP contribution in [-0.4, -0.2) is 17.7 Å². The number of rotatable bonds is 4. The molecule has 0 radical (unpaired) electrons. The molecule has 0 aliphatic carbocycles. The van der Waals surface area contributed by atoms with E-state index < -0.39 is 12.6 Å². The Morgan fingerprint density at radius 1 is 1.44 bits per heavy atom. The molecule has 0 unspecified atom stereocenters. The van der Waals surface area contributed by atoms with E-state index in [9.17, 15) is 13.2 Å². The summed E-state index contributed by atoms with van der Waals surface area (Å²) in [4.78, 5) is 4.07. The molecular weight excluding hydrogens is 285 g/mol. The van der Waals surface area contributed by atoms with E-state index in [-0.39, 0.29) is 13.0 Å². The number of aryl methyl sites for hydroxylation is 1. The van der Waals surface area contributed by atoms with Gasteiger partial charge in [0.1, 0.15) is 5.82 Å². The molecule has 1 heterocycles. The van der Waals surface area contributed by atoms with E-state index in [4.69, 9.17) is 0 Å². The van der Waals surface area contributed by atoms with Gasteiger partial charge in [-0.2, -0.15) is 13.2 Å². The van der Waals surface area contributed by atoms with Crippen molar-refractivity contribution >= 4 is 21.7 Å². The maximum absolute atomic E-state index is 11.9. The molecule has 0 fully saturated rings. The van der Waals surface area contributed by atoms with Gasteiger partial charge in [0.05, 0.1) is 0 Å². The van der Waals surface area contributed by atoms with Crippen LogP contribution < -0.4 is 5.32 Å². The second-order valence-corrected chi connectivity index (χ2v) is 4.38. The molecule has 16 heavy (non-hydrogen) atoms. The van der Waals surface area contributed by atoms with Crippen molar-refractivity contribution in [2.24, 2.45) is 0 Å². The molecule has 0 atom stereocenters. The number of anilines is 1. The Kier molecular flexibility index (Phi) is 4.58. The van der Waals surface area contributed by atoms with Crippen LogP contribution in [0, 0.1) is 6.92 Å². The van der Waals surface area contributed by atoms with Crippen LogP contribution in [0.15, 0.2) is 16.7 Å². The zero-order valence-corrected chi connectivity index (χ0v) is 10.3. The highest BCUT2D eigenvalue weighted by molar-refractivity contribution is 9.10. The Bertz CT molecular complexity index is 352. The van der Waals surface area contributed by atoms with Crippen LogP contribution >= 0.6 is 15.9 Å². The normalized spacial score (nSPS) is 11.6. The predicted molar refractivity (Wildman–Crippen MR) is 60.5 cm³/mol. The molecule has 0 aliphatic heterocycles. The van der Waals surface area contributed by atoms with E-state index in [0.29, 0.717) is 5.82 Å². The van der Waals surface area contributed by atoms with Crippen LogP contribution in [0.5, 0.6) is 0 Å². The van der Waals surface area contributed by atoms with Crippen LogP contribution in [-0.2, 0) is 0 Å². The number of nitrogens with zero attached hydrogens (tertiary/aromatic N) is 1. The van der Waals surface area contributed by atoms with E-state index in [2.05, 4.69) is 26.2 Å². The minimum atomic E-state index is -4.08. The molecule has 2 nitrogen and oxygen atoms in total. The highest BCUT2D eigenvalue weighted by Gasteiger charge is 2.25. The van der Waals surface area contributed by atoms with Crippen LogP contribution in [0.3, 0.4) is 0 Å². The molecule has 0 saturated heterocycles. The van der Waals surface area contributed by atoms with Crippen LogP contribution in [0.4, 0.5) is 19.0 Å². The molecule has 1 aromatic rings. The smallest absolute Gasteiger partial charge is 0.370 e. The molecule has 1 rings (SSSR count). The second kappa shape index (κ2) is 5.52. The molecule has 0 saturated carbocycles. The second-order valence-electron chi connectivity index (χ2n) is 3.46. The summed E-state index contributed by atoms with van der Waals surface area (Å²) >= 11 is 3.27. The fourth-order valence-corrected chi connectivity index (χ4v) is 1.67. The third-order valence-electron chi connectivity index (χ3n) is 1.97. The minimum Gasteiger partial charge on any atom is -0.370 e. The average molecular weight is 297 g/mol. The fraction of sp³-hybridized carbons (Fsp3) is 0.500. The molecule has 1 N–H and O–H groups in total. The Labute approximate surface area is 100 Å². The van der Waals surface area contributed by atoms with Crippen molar-refractivity contribution < 1.29 is 13.2 Å². The highest BCUT2D eigenvalue weighted by atomic mass is 79.9. The molecule has 0 spiro atoms. The van der Waals surface area contributed by atoms with Gasteiger partial charge in [0.25, 0.3) is 0 Å². The van der Waals surface area contributed by atoms with Crippen molar-refractivity contribution in [1.29, 1.82) is 0 Å². The summed E-state index contributed by atoms with van der Waals surface area (Å²) in [5, 5.41) is 2.88. The number of hydrogen-bond acceptors (Lipinski definition) is 2. The molecule has 0 amide bonds. The van der Waals surface area contributed by atoms with Crippen molar-refractivity contribution in [1.82, 2.24) is 4.98 Å². The lowest BCUT2D eigenvalue weighted by atomic mass is 10.2. The van der Waals surface area contributed by atoms with Gasteiger partial charge in [0.15, 0.2) is 0 Å². The Morgan fingerprint density at radius 3 is 2.69 bits per heavy atom. The van der Waals surface area contributed by atoms with E-state index in [1.807, 2.05) is 13.0 Å². The van der Waals surface area contributed by atoms with Gasteiger partial charge in [-0.3, -0.25) is 0 Å². The zero-order valence-electron chi connectivity index (χ0n) is 8.74. The number of pyridine rings is 1. The molecular formula is C10H12BrF3N2. The maximum Gasteiger partial charge on any atom is 0.389 e. The highest BCUT2D eigenvalue weighted by Crippen LogP contribution is 2.21. The third kappa shape index (κ3) is 4.83. The van der Waals surface area contributed by atoms with Crippen LogP contribution in [0.1, 0.15) is 18.4 Å². The summed E-state index contributed by atoms with van der Waals surface area (Å²) < 4.78 is 36.4. The Hall–Kier alpha value is -0.780. The Balaban J connectivity index is 2.38. The van der Waals surface area contributed by atoms with E-state index in [1.54, 1.807) is 6.20 Å². The van der Waals surface area contributed by atoms with Crippen molar-refractivity contribution in [3.8, 4) is 0 Å². The topological polar surface area (TPSA) is 24.9 Å². The first-order chi connectivity index (χ1) is 7.38. The molecule has 90 valence electrons. The van der Waals surface area contributed by atoms with E-state index in [0.717, 1.165) is 10.0 Å². The van der Waals surface area contributed by atoms with Crippen molar-refractivity contribution in [3.63, 3.8) is 0 Å². The summed E-state index contributed by atoms with van der Waals surface area (Å²) in [5.74, 6) is 0.630. The largest absolute Gasteiger partial charge is 0.389 e. The van der Waals surface area contributed by atoms with Crippen molar-refractivity contribution in [2.45, 2.75) is 25.9 Å². The summed E-state index contributed by atoms with van der Waals surface area (Å²) in [6.45, 7) is 2.12. The molecule has 0 aromatic carbocycles. The Morgan fingerprint density at radius 2 is 2.12 bits per heavy atom. The van der Waals surface area contributed by atoms with Gasteiger partial charge in [-0.05, 0) is 40.9 Å². The molecule has 0 aliphatic rings. The van der Waals surface area contributed by atoms with Gasteiger partial charge >= 0.3 is 6.18 Å². The number of alkyl halides is 3. The summed E-state index contributed by atoms with van der Waals surface area (Å²) in [5.41, 5.74) is 0.904. The summed E-state index contributed by atoms with van der Waals surface area (Å²) in [6, 6.07) is 1.86. The maximum atomic E-state index is 11.9. The quantitative estimate of drug-likeness (QED) is 0.852. The number of halogens is 4. The lowest BCUT2D eigenvalue weighted by Crippen LogP contribution is -2.11. The standard InChI is InChI=1S/C10H12BrF3N2/c1-7-5-8(11)6-16-9(7)15-4-2-3-10(12,13)14/h5-6H,2-4H2,1H3,(H,15,16). The van der Waals surface area contributed by atoms with E-state index >= 15 is 0 Å². The molecule has 1 aromatic heterocycles. The van der Waals surface area contributed by atoms with Gasteiger partial charge in [0, 0.05) is 23.6 Å². The first-order valence-corrected chi connectivity index (χ1v) is 5.60. The summed E-state index contributed by atoms with van der Waals surface area (Å²) in [6.07, 6.45) is -3.18. The van der Waals surface area contributed by atoms with Gasteiger partial charge in [-0.15, -0.1) is 0 Å². The SMILES string of the molecule is Cc1cc(Br)cnc1NCCCC(F)(F)F. The van der Waals surface area contributed by atoms with Crippen LogP contribution in [0.25, 0.3) is 0 Å². The number of aromatic nitrogens is 1. The van der Waals surface area contributed by atoms with Gasteiger partial charge in [-0.1, -0.05) is 0 Å².